The Bertz CT molecular complexity index is 581. The van der Waals surface area contributed by atoms with Crippen molar-refractivity contribution in [2.24, 2.45) is 0 Å². The summed E-state index contributed by atoms with van der Waals surface area (Å²) in [5.41, 5.74) is 3.38. The van der Waals surface area contributed by atoms with E-state index in [1.807, 2.05) is 19.2 Å². The third kappa shape index (κ3) is 2.52. The molecule has 2 heteroatoms. The Balaban J connectivity index is 2.42. The molecule has 0 aliphatic rings. The number of nitrogens with zero attached hydrogens (tertiary/aromatic N) is 1. The van der Waals surface area contributed by atoms with E-state index in [2.05, 4.69) is 36.4 Å². The van der Waals surface area contributed by atoms with Gasteiger partial charge >= 0.3 is 0 Å². The highest BCUT2D eigenvalue weighted by Crippen LogP contribution is 2.22. The zero-order valence-electron chi connectivity index (χ0n) is 10.9. The van der Waals surface area contributed by atoms with Crippen LogP contribution in [0.25, 0.3) is 10.9 Å². The summed E-state index contributed by atoms with van der Waals surface area (Å²) in [4.78, 5) is 4.73. The van der Waals surface area contributed by atoms with Gasteiger partial charge in [-0.25, -0.2) is 0 Å². The molecule has 2 aromatic rings. The molecule has 0 spiro atoms. The quantitative estimate of drug-likeness (QED) is 0.827. The first-order valence-electron chi connectivity index (χ1n) is 6.23. The maximum Gasteiger partial charge on any atom is 0.0708 e. The van der Waals surface area contributed by atoms with E-state index in [-0.39, 0.29) is 6.04 Å². The average Bonchev–Trinajstić information content (AvgIpc) is 2.40. The summed E-state index contributed by atoms with van der Waals surface area (Å²) in [6, 6.07) is 10.6. The Morgan fingerprint density at radius 3 is 2.89 bits per heavy atom. The van der Waals surface area contributed by atoms with E-state index in [4.69, 9.17) is 11.4 Å². The van der Waals surface area contributed by atoms with E-state index in [0.29, 0.717) is 0 Å². The van der Waals surface area contributed by atoms with Crippen LogP contribution in [-0.4, -0.2) is 12.0 Å². The molecule has 2 nitrogen and oxygen atoms in total. The molecule has 1 aromatic carbocycles. The fourth-order valence-corrected chi connectivity index (χ4v) is 2.22. The van der Waals surface area contributed by atoms with Crippen LogP contribution in [0.15, 0.2) is 30.3 Å². The Hall–Kier alpha value is -1.85. The lowest BCUT2D eigenvalue weighted by Gasteiger charge is -2.16. The number of benzene rings is 1. The molecule has 0 amide bonds. The second-order valence-corrected chi connectivity index (χ2v) is 4.47. The van der Waals surface area contributed by atoms with Gasteiger partial charge in [0.25, 0.3) is 0 Å². The van der Waals surface area contributed by atoms with Crippen molar-refractivity contribution in [1.29, 1.82) is 0 Å². The van der Waals surface area contributed by atoms with Crippen molar-refractivity contribution >= 4 is 10.9 Å². The van der Waals surface area contributed by atoms with Gasteiger partial charge in [0, 0.05) is 11.8 Å². The molecule has 2 rings (SSSR count). The summed E-state index contributed by atoms with van der Waals surface area (Å²) >= 11 is 0. The van der Waals surface area contributed by atoms with Crippen LogP contribution >= 0.6 is 0 Å². The summed E-state index contributed by atoms with van der Waals surface area (Å²) < 4.78 is 0. The van der Waals surface area contributed by atoms with Crippen LogP contribution in [0.3, 0.4) is 0 Å². The van der Waals surface area contributed by atoms with Crippen molar-refractivity contribution in [1.82, 2.24) is 10.3 Å². The van der Waals surface area contributed by atoms with Crippen LogP contribution in [0.1, 0.15) is 30.1 Å². The molecule has 0 aliphatic carbocycles. The highest BCUT2D eigenvalue weighted by molar-refractivity contribution is 5.82. The van der Waals surface area contributed by atoms with Crippen LogP contribution in [0.2, 0.25) is 0 Å². The first-order valence-corrected chi connectivity index (χ1v) is 6.23. The summed E-state index contributed by atoms with van der Waals surface area (Å²) in [5.74, 6) is 2.69. The number of terminal acetylenes is 1. The SMILES string of the molecule is C#CCCC(NC)c1cc(C)c2ccccc2n1. The lowest BCUT2D eigenvalue weighted by atomic mass is 10.0. The first kappa shape index (κ1) is 12.6. The van der Waals surface area contributed by atoms with Crippen molar-refractivity contribution < 1.29 is 0 Å². The van der Waals surface area contributed by atoms with E-state index in [9.17, 15) is 0 Å². The van der Waals surface area contributed by atoms with Crippen molar-refractivity contribution in [3.8, 4) is 12.3 Å². The molecular weight excluding hydrogens is 220 g/mol. The second-order valence-electron chi connectivity index (χ2n) is 4.47. The van der Waals surface area contributed by atoms with E-state index < -0.39 is 0 Å². The Kier molecular flexibility index (Phi) is 3.96. The molecule has 1 aromatic heterocycles. The molecule has 0 bridgehead atoms. The molecule has 0 radical (unpaired) electrons. The van der Waals surface area contributed by atoms with Gasteiger partial charge in [0.1, 0.15) is 0 Å². The smallest absolute Gasteiger partial charge is 0.0708 e. The zero-order valence-corrected chi connectivity index (χ0v) is 10.9. The van der Waals surface area contributed by atoms with Crippen LogP contribution in [-0.2, 0) is 0 Å². The first-order chi connectivity index (χ1) is 8.76. The number of aromatic nitrogens is 1. The Morgan fingerprint density at radius 1 is 1.39 bits per heavy atom. The summed E-state index contributed by atoms with van der Waals surface area (Å²) in [6.45, 7) is 2.13. The van der Waals surface area contributed by atoms with Crippen LogP contribution in [0.5, 0.6) is 0 Å². The zero-order chi connectivity index (χ0) is 13.0. The van der Waals surface area contributed by atoms with Crippen LogP contribution in [0, 0.1) is 19.3 Å². The maximum atomic E-state index is 5.33. The van der Waals surface area contributed by atoms with Gasteiger partial charge in [0.2, 0.25) is 0 Å². The third-order valence-electron chi connectivity index (χ3n) is 3.23. The standard InChI is InChI=1S/C16H18N2/c1-4-5-9-15(17-3)16-11-12(2)13-8-6-7-10-14(13)18-16/h1,6-8,10-11,15,17H,5,9H2,2-3H3. The van der Waals surface area contributed by atoms with E-state index >= 15 is 0 Å². The molecule has 1 atom stereocenters. The molecule has 18 heavy (non-hydrogen) atoms. The van der Waals surface area contributed by atoms with Crippen molar-refractivity contribution in [3.05, 3.63) is 41.6 Å². The number of fused-ring (bicyclic) bond motifs is 1. The van der Waals surface area contributed by atoms with Gasteiger partial charge in [0.05, 0.1) is 17.3 Å². The Morgan fingerprint density at radius 2 is 2.17 bits per heavy atom. The minimum absolute atomic E-state index is 0.226. The molecule has 0 saturated carbocycles. The highest BCUT2D eigenvalue weighted by Gasteiger charge is 2.11. The maximum absolute atomic E-state index is 5.33. The van der Waals surface area contributed by atoms with Gasteiger partial charge in [-0.3, -0.25) is 4.98 Å². The fourth-order valence-electron chi connectivity index (χ4n) is 2.22. The molecule has 1 unspecified atom stereocenters. The molecule has 1 heterocycles. The van der Waals surface area contributed by atoms with E-state index in [1.165, 1.54) is 10.9 Å². The van der Waals surface area contributed by atoms with Crippen molar-refractivity contribution in [2.75, 3.05) is 7.05 Å². The monoisotopic (exact) mass is 238 g/mol. The normalized spacial score (nSPS) is 12.3. The lowest BCUT2D eigenvalue weighted by molar-refractivity contribution is 0.546. The van der Waals surface area contributed by atoms with Crippen LogP contribution in [0.4, 0.5) is 0 Å². The molecular formula is C16H18N2. The number of hydrogen-bond acceptors (Lipinski definition) is 2. The summed E-state index contributed by atoms with van der Waals surface area (Å²) in [7, 11) is 1.95. The predicted octanol–water partition coefficient (Wildman–Crippen LogP) is 3.22. The van der Waals surface area contributed by atoms with Gasteiger partial charge in [0.15, 0.2) is 0 Å². The van der Waals surface area contributed by atoms with Crippen molar-refractivity contribution in [3.63, 3.8) is 0 Å². The highest BCUT2D eigenvalue weighted by atomic mass is 14.9. The molecule has 0 aliphatic heterocycles. The van der Waals surface area contributed by atoms with E-state index in [1.54, 1.807) is 0 Å². The predicted molar refractivity (Wildman–Crippen MR) is 76.3 cm³/mol. The lowest BCUT2D eigenvalue weighted by Crippen LogP contribution is -2.17. The average molecular weight is 238 g/mol. The molecule has 92 valence electrons. The second kappa shape index (κ2) is 5.66. The number of pyridine rings is 1. The fraction of sp³-hybridized carbons (Fsp3) is 0.312. The van der Waals surface area contributed by atoms with Gasteiger partial charge in [-0.15, -0.1) is 12.3 Å². The topological polar surface area (TPSA) is 24.9 Å². The minimum atomic E-state index is 0.226. The number of rotatable bonds is 4. The largest absolute Gasteiger partial charge is 0.312 e. The number of aryl methyl sites for hydroxylation is 1. The Labute approximate surface area is 108 Å². The van der Waals surface area contributed by atoms with Gasteiger partial charge < -0.3 is 5.32 Å². The molecule has 0 fully saturated rings. The van der Waals surface area contributed by atoms with Gasteiger partial charge in [-0.1, -0.05) is 18.2 Å². The molecule has 0 saturated heterocycles. The summed E-state index contributed by atoms with van der Waals surface area (Å²) in [6.07, 6.45) is 7.01. The minimum Gasteiger partial charge on any atom is -0.312 e. The number of nitrogens with one attached hydrogen (secondary N) is 1. The number of para-hydroxylation sites is 1. The van der Waals surface area contributed by atoms with E-state index in [0.717, 1.165) is 24.1 Å². The van der Waals surface area contributed by atoms with Gasteiger partial charge in [-0.2, -0.15) is 0 Å². The number of hydrogen-bond donors (Lipinski definition) is 1. The van der Waals surface area contributed by atoms with Gasteiger partial charge in [-0.05, 0) is 38.1 Å². The van der Waals surface area contributed by atoms with Crippen LogP contribution < -0.4 is 5.32 Å². The van der Waals surface area contributed by atoms with Crippen molar-refractivity contribution in [2.45, 2.75) is 25.8 Å². The summed E-state index contributed by atoms with van der Waals surface area (Å²) in [5, 5.41) is 4.50. The third-order valence-corrected chi connectivity index (χ3v) is 3.23. The molecule has 1 N–H and O–H groups in total.